The number of ether oxygens (including phenoxy) is 1. The summed E-state index contributed by atoms with van der Waals surface area (Å²) in [4.78, 5) is 38.5. The predicted octanol–water partition coefficient (Wildman–Crippen LogP) is 4.60. The standard InChI is InChI=1S/C23H17ClFN3O4S/c1-2-32-23(31)20-16-12-33-21(26-18(29)10-13-6-3-4-9-17(13)24)19(16)22(30)28(27-20)15-8-5-7-14(25)11-15/h3-9,11-12H,2,10H2,1H3,(H,26,29). The number of nitrogens with zero attached hydrogens (tertiary/aromatic N) is 2. The summed E-state index contributed by atoms with van der Waals surface area (Å²) >= 11 is 7.21. The highest BCUT2D eigenvalue weighted by atomic mass is 35.5. The predicted molar refractivity (Wildman–Crippen MR) is 125 cm³/mol. The Morgan fingerprint density at radius 2 is 2.00 bits per heavy atom. The molecule has 2 aromatic carbocycles. The molecule has 7 nitrogen and oxygen atoms in total. The van der Waals surface area contributed by atoms with Crippen molar-refractivity contribution in [1.82, 2.24) is 9.78 Å². The van der Waals surface area contributed by atoms with Gasteiger partial charge >= 0.3 is 5.97 Å². The highest BCUT2D eigenvalue weighted by Crippen LogP contribution is 2.31. The number of thiophene rings is 1. The molecule has 0 spiro atoms. The van der Waals surface area contributed by atoms with Crippen LogP contribution in [0.1, 0.15) is 23.0 Å². The van der Waals surface area contributed by atoms with Gasteiger partial charge in [0.1, 0.15) is 10.8 Å². The first-order chi connectivity index (χ1) is 15.9. The number of rotatable bonds is 6. The molecule has 0 unspecified atom stereocenters. The number of anilines is 1. The molecule has 10 heteroatoms. The van der Waals surface area contributed by atoms with Crippen LogP contribution in [0.2, 0.25) is 5.02 Å². The molecule has 2 heterocycles. The quantitative estimate of drug-likeness (QED) is 0.403. The third-order valence-electron chi connectivity index (χ3n) is 4.74. The molecule has 0 fully saturated rings. The zero-order valence-corrected chi connectivity index (χ0v) is 18.9. The molecule has 0 bridgehead atoms. The normalized spacial score (nSPS) is 10.9. The van der Waals surface area contributed by atoms with Crippen molar-refractivity contribution < 1.29 is 18.7 Å². The summed E-state index contributed by atoms with van der Waals surface area (Å²) in [6.45, 7) is 1.75. The van der Waals surface area contributed by atoms with Crippen molar-refractivity contribution in [1.29, 1.82) is 0 Å². The molecule has 0 aliphatic heterocycles. The smallest absolute Gasteiger partial charge is 0.359 e. The molecular weight excluding hydrogens is 469 g/mol. The van der Waals surface area contributed by atoms with Gasteiger partial charge in [0.15, 0.2) is 5.69 Å². The zero-order chi connectivity index (χ0) is 23.5. The largest absolute Gasteiger partial charge is 0.461 e. The van der Waals surface area contributed by atoms with Gasteiger partial charge in [-0.15, -0.1) is 11.3 Å². The van der Waals surface area contributed by atoms with Crippen molar-refractivity contribution >= 4 is 50.6 Å². The molecule has 1 N–H and O–H groups in total. The highest BCUT2D eigenvalue weighted by molar-refractivity contribution is 7.16. The van der Waals surface area contributed by atoms with Crippen molar-refractivity contribution in [3.63, 3.8) is 0 Å². The van der Waals surface area contributed by atoms with Gasteiger partial charge in [-0.25, -0.2) is 9.18 Å². The summed E-state index contributed by atoms with van der Waals surface area (Å²) in [5, 5.41) is 9.43. The van der Waals surface area contributed by atoms with E-state index in [4.69, 9.17) is 16.3 Å². The molecule has 0 atom stereocenters. The van der Waals surface area contributed by atoms with Crippen LogP contribution >= 0.6 is 22.9 Å². The molecule has 0 saturated heterocycles. The van der Waals surface area contributed by atoms with Crippen molar-refractivity contribution in [3.8, 4) is 5.69 Å². The van der Waals surface area contributed by atoms with Crippen LogP contribution in [-0.4, -0.2) is 28.3 Å². The summed E-state index contributed by atoms with van der Waals surface area (Å²) in [7, 11) is 0. The lowest BCUT2D eigenvalue weighted by Crippen LogP contribution is -2.26. The van der Waals surface area contributed by atoms with E-state index in [2.05, 4.69) is 10.4 Å². The topological polar surface area (TPSA) is 90.3 Å². The van der Waals surface area contributed by atoms with E-state index in [-0.39, 0.29) is 40.2 Å². The van der Waals surface area contributed by atoms with Gasteiger partial charge in [0, 0.05) is 15.8 Å². The number of esters is 1. The molecule has 4 rings (SSSR count). The molecule has 0 aliphatic carbocycles. The van der Waals surface area contributed by atoms with Gasteiger partial charge in [0.05, 0.1) is 24.1 Å². The number of aromatic nitrogens is 2. The fourth-order valence-corrected chi connectivity index (χ4v) is 4.42. The van der Waals surface area contributed by atoms with E-state index in [0.717, 1.165) is 22.1 Å². The maximum atomic E-state index is 13.8. The Labute approximate surface area is 196 Å². The van der Waals surface area contributed by atoms with Gasteiger partial charge in [0.2, 0.25) is 5.91 Å². The number of hydrogen-bond acceptors (Lipinski definition) is 6. The van der Waals surface area contributed by atoms with E-state index < -0.39 is 23.3 Å². The first-order valence-electron chi connectivity index (χ1n) is 9.90. The van der Waals surface area contributed by atoms with E-state index >= 15 is 0 Å². The van der Waals surface area contributed by atoms with Crippen molar-refractivity contribution in [3.05, 3.63) is 86.4 Å². The summed E-state index contributed by atoms with van der Waals surface area (Å²) < 4.78 is 19.8. The van der Waals surface area contributed by atoms with Crippen molar-refractivity contribution in [2.45, 2.75) is 13.3 Å². The number of carbonyl (C=O) groups is 2. The van der Waals surface area contributed by atoms with Gasteiger partial charge in [-0.05, 0) is 36.8 Å². The monoisotopic (exact) mass is 485 g/mol. The summed E-state index contributed by atoms with van der Waals surface area (Å²) in [6, 6.07) is 12.2. The first-order valence-corrected chi connectivity index (χ1v) is 11.2. The second-order valence-corrected chi connectivity index (χ2v) is 8.22. The number of amides is 1. The van der Waals surface area contributed by atoms with Crippen LogP contribution in [0.3, 0.4) is 0 Å². The molecule has 0 radical (unpaired) electrons. The Morgan fingerprint density at radius 3 is 2.73 bits per heavy atom. The SMILES string of the molecule is CCOC(=O)c1nn(-c2cccc(F)c2)c(=O)c2c(NC(=O)Cc3ccccc3Cl)scc12. The average Bonchev–Trinajstić information content (AvgIpc) is 3.19. The average molecular weight is 486 g/mol. The molecule has 0 saturated carbocycles. The minimum Gasteiger partial charge on any atom is -0.461 e. The lowest BCUT2D eigenvalue weighted by Gasteiger charge is -2.10. The number of carbonyl (C=O) groups excluding carboxylic acids is 2. The van der Waals surface area contributed by atoms with E-state index in [0.29, 0.717) is 10.6 Å². The number of fused-ring (bicyclic) bond motifs is 1. The summed E-state index contributed by atoms with van der Waals surface area (Å²) in [5.74, 6) is -1.70. The lowest BCUT2D eigenvalue weighted by molar-refractivity contribution is -0.115. The maximum absolute atomic E-state index is 13.8. The fourth-order valence-electron chi connectivity index (χ4n) is 3.26. The zero-order valence-electron chi connectivity index (χ0n) is 17.3. The molecule has 2 aromatic heterocycles. The van der Waals surface area contributed by atoms with Crippen LogP contribution in [0.5, 0.6) is 0 Å². The third-order valence-corrected chi connectivity index (χ3v) is 6.00. The van der Waals surface area contributed by atoms with Gasteiger partial charge < -0.3 is 10.1 Å². The Kier molecular flexibility index (Phi) is 6.52. The van der Waals surface area contributed by atoms with Crippen LogP contribution in [0, 0.1) is 5.82 Å². The van der Waals surface area contributed by atoms with Crippen LogP contribution in [-0.2, 0) is 16.0 Å². The van der Waals surface area contributed by atoms with Crippen molar-refractivity contribution in [2.75, 3.05) is 11.9 Å². The number of nitrogens with one attached hydrogen (secondary N) is 1. The van der Waals surface area contributed by atoms with Crippen molar-refractivity contribution in [2.24, 2.45) is 0 Å². The van der Waals surface area contributed by atoms with Crippen LogP contribution in [0.4, 0.5) is 9.39 Å². The highest BCUT2D eigenvalue weighted by Gasteiger charge is 2.23. The number of hydrogen-bond donors (Lipinski definition) is 1. The van der Waals surface area contributed by atoms with Crippen LogP contribution < -0.4 is 10.9 Å². The first kappa shape index (κ1) is 22.6. The van der Waals surface area contributed by atoms with E-state index in [1.54, 1.807) is 36.6 Å². The fraction of sp³-hybridized carbons (Fsp3) is 0.130. The number of halogens is 2. The second-order valence-electron chi connectivity index (χ2n) is 6.94. The number of benzene rings is 2. The summed E-state index contributed by atoms with van der Waals surface area (Å²) in [5.41, 5.74) is 0.0343. The molecule has 1 amide bonds. The van der Waals surface area contributed by atoms with Crippen LogP contribution in [0.25, 0.3) is 16.5 Å². The second kappa shape index (κ2) is 9.51. The molecule has 168 valence electrons. The van der Waals surface area contributed by atoms with Gasteiger partial charge in [-0.3, -0.25) is 9.59 Å². The Hall–Kier alpha value is -3.56. The van der Waals surface area contributed by atoms with E-state index in [1.165, 1.54) is 18.2 Å². The molecule has 4 aromatic rings. The maximum Gasteiger partial charge on any atom is 0.359 e. The van der Waals surface area contributed by atoms with Gasteiger partial charge in [-0.2, -0.15) is 9.78 Å². The third kappa shape index (κ3) is 4.64. The molecule has 0 aliphatic rings. The van der Waals surface area contributed by atoms with E-state index in [1.807, 2.05) is 0 Å². The molecular formula is C23H17ClFN3O4S. The molecule has 33 heavy (non-hydrogen) atoms. The van der Waals surface area contributed by atoms with Crippen LogP contribution in [0.15, 0.2) is 58.7 Å². The Morgan fingerprint density at radius 1 is 1.21 bits per heavy atom. The minimum atomic E-state index is -0.737. The van der Waals surface area contributed by atoms with Gasteiger partial charge in [0.25, 0.3) is 5.56 Å². The van der Waals surface area contributed by atoms with Gasteiger partial charge in [-0.1, -0.05) is 35.9 Å². The minimum absolute atomic E-state index is 0.00697. The van der Waals surface area contributed by atoms with E-state index in [9.17, 15) is 18.8 Å². The summed E-state index contributed by atoms with van der Waals surface area (Å²) in [6.07, 6.45) is -0.00697. The Balaban J connectivity index is 1.81. The lowest BCUT2D eigenvalue weighted by atomic mass is 10.1. The Bertz CT molecular complexity index is 1430.